The number of methoxy groups -OCH3 is 2. The molecule has 114 valence electrons. The molecule has 0 spiro atoms. The van der Waals surface area contributed by atoms with Crippen molar-refractivity contribution in [3.05, 3.63) is 28.9 Å². The van der Waals surface area contributed by atoms with Gasteiger partial charge in [0.1, 0.15) is 0 Å². The topological polar surface area (TPSA) is 60.6 Å². The maximum Gasteiger partial charge on any atom is 0.0745 e. The number of ether oxygens (including phenoxy) is 2. The zero-order chi connectivity index (χ0) is 15.2. The van der Waals surface area contributed by atoms with Gasteiger partial charge in [0.05, 0.1) is 36.3 Å². The van der Waals surface area contributed by atoms with E-state index in [1.807, 2.05) is 18.2 Å². The Morgan fingerprint density at radius 2 is 1.86 bits per heavy atom. The van der Waals surface area contributed by atoms with Crippen molar-refractivity contribution in [2.24, 2.45) is 0 Å². The Morgan fingerprint density at radius 3 is 2.48 bits per heavy atom. The summed E-state index contributed by atoms with van der Waals surface area (Å²) in [4.78, 5) is 6.57. The Labute approximate surface area is 133 Å². The van der Waals surface area contributed by atoms with E-state index in [0.29, 0.717) is 18.9 Å². The van der Waals surface area contributed by atoms with Crippen molar-refractivity contribution in [1.29, 1.82) is 0 Å². The fraction of sp³-hybridized carbons (Fsp3) is 0.400. The molecule has 0 aliphatic carbocycles. The van der Waals surface area contributed by atoms with Gasteiger partial charge in [-0.2, -0.15) is 0 Å². The zero-order valence-corrected chi connectivity index (χ0v) is 13.9. The Balaban J connectivity index is 2.48. The van der Waals surface area contributed by atoms with E-state index in [2.05, 4.69) is 25.8 Å². The summed E-state index contributed by atoms with van der Waals surface area (Å²) < 4.78 is 11.4. The second-order valence-corrected chi connectivity index (χ2v) is 5.61. The highest BCUT2D eigenvalue weighted by atomic mass is 79.9. The molecule has 1 heterocycles. The lowest BCUT2D eigenvalue weighted by Crippen LogP contribution is -2.31. The monoisotopic (exact) mass is 353 g/mol. The van der Waals surface area contributed by atoms with Crippen LogP contribution in [0.3, 0.4) is 0 Å². The fourth-order valence-electron chi connectivity index (χ4n) is 2.26. The van der Waals surface area contributed by atoms with E-state index in [9.17, 15) is 0 Å². The average Bonchev–Trinajstić information content (AvgIpc) is 2.48. The molecule has 0 amide bonds. The lowest BCUT2D eigenvalue weighted by atomic mass is 10.1. The quantitative estimate of drug-likeness (QED) is 0.828. The van der Waals surface area contributed by atoms with Crippen molar-refractivity contribution in [2.75, 3.05) is 51.2 Å². The number of nitrogens with zero attached hydrogens (tertiary/aromatic N) is 2. The lowest BCUT2D eigenvalue weighted by molar-refractivity contribution is 0.190. The molecular weight excluding hydrogens is 334 g/mol. The van der Waals surface area contributed by atoms with Crippen molar-refractivity contribution in [1.82, 2.24) is 4.98 Å². The molecule has 0 bridgehead atoms. The summed E-state index contributed by atoms with van der Waals surface area (Å²) in [5.41, 5.74) is 8.74. The van der Waals surface area contributed by atoms with E-state index < -0.39 is 0 Å². The summed E-state index contributed by atoms with van der Waals surface area (Å²) >= 11 is 3.51. The molecule has 2 aromatic rings. The number of hydrogen-bond acceptors (Lipinski definition) is 5. The van der Waals surface area contributed by atoms with Crippen LogP contribution in [0.2, 0.25) is 0 Å². The predicted octanol–water partition coefficient (Wildman–Crippen LogP) is 2.68. The smallest absolute Gasteiger partial charge is 0.0745 e. The molecule has 21 heavy (non-hydrogen) atoms. The van der Waals surface area contributed by atoms with Gasteiger partial charge < -0.3 is 20.1 Å². The number of pyridine rings is 1. The Hall–Kier alpha value is -1.37. The average molecular weight is 354 g/mol. The molecule has 2 rings (SSSR count). The van der Waals surface area contributed by atoms with E-state index in [1.165, 1.54) is 0 Å². The predicted molar refractivity (Wildman–Crippen MR) is 89.8 cm³/mol. The highest BCUT2D eigenvalue weighted by Gasteiger charge is 2.14. The number of benzene rings is 1. The number of fused-ring (bicyclic) bond motifs is 1. The second-order valence-electron chi connectivity index (χ2n) is 4.70. The van der Waals surface area contributed by atoms with Gasteiger partial charge in [-0.15, -0.1) is 0 Å². The molecule has 0 aliphatic heterocycles. The molecule has 1 aromatic heterocycles. The van der Waals surface area contributed by atoms with Crippen LogP contribution in [0.4, 0.5) is 11.4 Å². The Bertz CT molecular complexity index is 593. The number of nitrogen functional groups attached to an aromatic ring is 1. The highest BCUT2D eigenvalue weighted by molar-refractivity contribution is 9.10. The lowest BCUT2D eigenvalue weighted by Gasteiger charge is -2.27. The zero-order valence-electron chi connectivity index (χ0n) is 12.3. The van der Waals surface area contributed by atoms with Crippen LogP contribution in [0.1, 0.15) is 0 Å². The van der Waals surface area contributed by atoms with Gasteiger partial charge in [-0.1, -0.05) is 15.9 Å². The number of nitrogens with two attached hydrogens (primary N) is 1. The molecule has 1 aromatic carbocycles. The first-order valence-electron chi connectivity index (χ1n) is 6.74. The number of halogens is 1. The molecule has 0 aliphatic rings. The first kappa shape index (κ1) is 16.0. The molecule has 0 saturated heterocycles. The third-order valence-corrected chi connectivity index (χ3v) is 3.77. The van der Waals surface area contributed by atoms with Crippen LogP contribution in [0.25, 0.3) is 10.9 Å². The van der Waals surface area contributed by atoms with Crippen molar-refractivity contribution in [3.8, 4) is 0 Å². The first-order valence-corrected chi connectivity index (χ1v) is 7.53. The molecular formula is C15H20BrN3O2. The first-order chi connectivity index (χ1) is 10.2. The molecule has 6 heteroatoms. The SMILES string of the molecule is COCCN(CCOC)c1c(N)cnc2ccc(Br)cc12. The standard InChI is InChI=1S/C15H20BrN3O2/c1-20-7-5-19(6-8-21-2)15-12-9-11(16)3-4-14(12)18-10-13(15)17/h3-4,9-10H,5-8,17H2,1-2H3. The van der Waals surface area contributed by atoms with Crippen LogP contribution >= 0.6 is 15.9 Å². The fourth-order valence-corrected chi connectivity index (χ4v) is 2.62. The summed E-state index contributed by atoms with van der Waals surface area (Å²) in [6.07, 6.45) is 1.71. The molecule has 0 unspecified atom stereocenters. The minimum absolute atomic E-state index is 0.626. The van der Waals surface area contributed by atoms with Crippen LogP contribution in [-0.2, 0) is 9.47 Å². The van der Waals surface area contributed by atoms with E-state index in [4.69, 9.17) is 15.2 Å². The van der Waals surface area contributed by atoms with E-state index in [0.717, 1.165) is 34.2 Å². The maximum atomic E-state index is 6.18. The molecule has 0 atom stereocenters. The number of rotatable bonds is 7. The molecule has 2 N–H and O–H groups in total. The molecule has 0 fully saturated rings. The van der Waals surface area contributed by atoms with E-state index in [1.54, 1.807) is 20.4 Å². The van der Waals surface area contributed by atoms with E-state index >= 15 is 0 Å². The number of anilines is 2. The van der Waals surface area contributed by atoms with Gasteiger partial charge >= 0.3 is 0 Å². The largest absolute Gasteiger partial charge is 0.396 e. The van der Waals surface area contributed by atoms with Crippen LogP contribution in [-0.4, -0.2) is 45.5 Å². The highest BCUT2D eigenvalue weighted by Crippen LogP contribution is 2.33. The Morgan fingerprint density at radius 1 is 1.19 bits per heavy atom. The summed E-state index contributed by atoms with van der Waals surface area (Å²) in [6, 6.07) is 6.00. The number of aromatic nitrogens is 1. The normalized spacial score (nSPS) is 11.0. The molecule has 0 saturated carbocycles. The van der Waals surface area contributed by atoms with Gasteiger partial charge in [-0.25, -0.2) is 0 Å². The van der Waals surface area contributed by atoms with Crippen molar-refractivity contribution >= 4 is 38.2 Å². The van der Waals surface area contributed by atoms with Crippen molar-refractivity contribution in [2.45, 2.75) is 0 Å². The van der Waals surface area contributed by atoms with Crippen molar-refractivity contribution < 1.29 is 9.47 Å². The minimum Gasteiger partial charge on any atom is -0.396 e. The van der Waals surface area contributed by atoms with Gasteiger partial charge in [0.2, 0.25) is 0 Å². The minimum atomic E-state index is 0.626. The van der Waals surface area contributed by atoms with Crippen LogP contribution in [0.15, 0.2) is 28.9 Å². The van der Waals surface area contributed by atoms with Gasteiger partial charge in [0.25, 0.3) is 0 Å². The summed E-state index contributed by atoms with van der Waals surface area (Å²) in [5.74, 6) is 0. The summed E-state index contributed by atoms with van der Waals surface area (Å²) in [6.45, 7) is 2.74. The second kappa shape index (κ2) is 7.59. The summed E-state index contributed by atoms with van der Waals surface area (Å²) in [7, 11) is 3.39. The van der Waals surface area contributed by atoms with Gasteiger partial charge in [-0.05, 0) is 18.2 Å². The molecule has 0 radical (unpaired) electrons. The van der Waals surface area contributed by atoms with Gasteiger partial charge in [0.15, 0.2) is 0 Å². The van der Waals surface area contributed by atoms with Crippen LogP contribution < -0.4 is 10.6 Å². The van der Waals surface area contributed by atoms with Crippen molar-refractivity contribution in [3.63, 3.8) is 0 Å². The number of hydrogen-bond donors (Lipinski definition) is 1. The Kier molecular flexibility index (Phi) is 5.78. The van der Waals surface area contributed by atoms with Crippen LogP contribution in [0.5, 0.6) is 0 Å². The summed E-state index contributed by atoms with van der Waals surface area (Å²) in [5, 5.41) is 1.02. The van der Waals surface area contributed by atoms with Gasteiger partial charge in [0, 0.05) is 37.2 Å². The molecule has 5 nitrogen and oxygen atoms in total. The van der Waals surface area contributed by atoms with E-state index in [-0.39, 0.29) is 0 Å². The third-order valence-electron chi connectivity index (χ3n) is 3.28. The maximum absolute atomic E-state index is 6.18. The van der Waals surface area contributed by atoms with Crippen LogP contribution in [0, 0.1) is 0 Å². The van der Waals surface area contributed by atoms with Gasteiger partial charge in [-0.3, -0.25) is 4.98 Å². The third kappa shape index (κ3) is 3.84.